The summed E-state index contributed by atoms with van der Waals surface area (Å²) in [6.45, 7) is 9.73. The first kappa shape index (κ1) is 92.0. The predicted octanol–water partition coefficient (Wildman–Crippen LogP) is 16.2. The lowest BCUT2D eigenvalue weighted by atomic mass is 10.0. The van der Waals surface area contributed by atoms with Gasteiger partial charge in [-0.15, -0.1) is 0 Å². The minimum atomic E-state index is -0.533. The van der Waals surface area contributed by atoms with Crippen LogP contribution in [0.25, 0.3) is 134 Å². The van der Waals surface area contributed by atoms with Crippen LogP contribution in [0.15, 0.2) is 208 Å². The van der Waals surface area contributed by atoms with Crippen molar-refractivity contribution in [1.29, 1.82) is 0 Å². The van der Waals surface area contributed by atoms with E-state index in [-0.39, 0.29) is 58.5 Å². The Balaban J connectivity index is 0.000000131. The standard InChI is InChI=1S/C24H20ClN9O.C24H28ClN9O.C23H19ClN8O.C22H21ClN8O/c1-13-5-6-16(12-28-13)29-24(35)32-23-22(26)30-21(18-7-9-34(2)33-18)20(31-23)15-10-14-4-3-8-27-19(14)17(25)11-15;1-4-34(5-2)12-10-28-24(35)31-23-22(26)29-21(18-8-11-33(3)32-18)20(30-23)16-13-15-7-6-9-27-19(15)17(25)14-16;1-31-8-5-14(12-31)23(33)29-22-21(25)27-20(17-6-9-32(2)30-17)19(28-22)15-10-13-4-3-7-26-18(13)16(24)11-15;1-31-8-6-16(30-31)19-18(14-9-13-3-2-7-25-17(13)15(23)10-14)28-21(20(24)27-19)29-22(32)26-11-12-4-5-12/h3-12H,1-2H3,(H2,26,30)(H2,29,31,32,35);6-9,11,13-14H,4-5,10,12H2,1-3H3,(H2,26,29)(H2,28,30,31,35);3-12H,1-2H3,(H2,25,27)(H,28,29,33);2-3,6-10,12H,4-5,11H2,1H3,(H2,24,27)(H2,26,28,29,32). The molecule has 0 saturated heterocycles. The highest BCUT2D eigenvalue weighted by molar-refractivity contribution is 6.37. The molecule has 14 heterocycles. The number of carbonyl (C=O) groups excluding carboxylic acids is 4. The molecule has 18 aromatic rings. The number of urea groups is 3. The smallest absolute Gasteiger partial charge is 0.324 e. The molecule has 0 aliphatic heterocycles. The lowest BCUT2D eigenvalue weighted by Gasteiger charge is -2.18. The fourth-order valence-corrected chi connectivity index (χ4v) is 15.4. The van der Waals surface area contributed by atoms with Crippen molar-refractivity contribution < 1.29 is 19.2 Å². The highest BCUT2D eigenvalue weighted by atomic mass is 35.5. The average Bonchev–Trinajstić information content (AvgIpc) is 1.71. The van der Waals surface area contributed by atoms with Crippen molar-refractivity contribution >= 4 is 166 Å². The van der Waals surface area contributed by atoms with E-state index in [1.807, 2.05) is 139 Å². The second kappa shape index (κ2) is 40.6. The monoisotopic (exact) mass is 1880 g/mol. The summed E-state index contributed by atoms with van der Waals surface area (Å²) in [6, 6.07) is 41.0. The number of hydrogen-bond donors (Lipinski definition) is 11. The number of carbonyl (C=O) groups is 4. The van der Waals surface area contributed by atoms with Crippen molar-refractivity contribution in [2.45, 2.75) is 33.6 Å². The van der Waals surface area contributed by atoms with E-state index in [0.29, 0.717) is 163 Å². The molecule has 1 aliphatic carbocycles. The van der Waals surface area contributed by atoms with E-state index < -0.39 is 12.1 Å². The number of nitrogens with zero attached hydrogens (tertiary/aromatic N) is 23. The van der Waals surface area contributed by atoms with E-state index in [1.54, 1.807) is 135 Å². The number of benzene rings is 4. The van der Waals surface area contributed by atoms with Crippen molar-refractivity contribution in [2.24, 2.45) is 41.2 Å². The van der Waals surface area contributed by atoms with Crippen molar-refractivity contribution in [3.8, 4) is 90.6 Å². The lowest BCUT2D eigenvalue weighted by Crippen LogP contribution is -2.37. The third-order valence-electron chi connectivity index (χ3n) is 21.3. The van der Waals surface area contributed by atoms with Gasteiger partial charge in [0.1, 0.15) is 68.3 Å². The second-order valence-electron chi connectivity index (χ2n) is 31.2. The number of rotatable bonds is 21. The van der Waals surface area contributed by atoms with Gasteiger partial charge in [0, 0.05) is 166 Å². The fourth-order valence-electron chi connectivity index (χ4n) is 14.3. The third kappa shape index (κ3) is 21.8. The number of fused-ring (bicyclic) bond motifs is 4. The first-order valence-electron chi connectivity index (χ1n) is 42.3. The Kier molecular flexibility index (Phi) is 27.7. The van der Waals surface area contributed by atoms with Crippen LogP contribution in [-0.4, -0.2) is 170 Å². The molecule has 15 N–H and O–H groups in total. The van der Waals surface area contributed by atoms with E-state index in [0.717, 1.165) is 59.7 Å². The molecule has 14 aromatic heterocycles. The minimum Gasteiger partial charge on any atom is -0.381 e. The number of aryl methyl sites for hydroxylation is 6. The molecule has 7 amide bonds. The molecule has 0 bridgehead atoms. The van der Waals surface area contributed by atoms with Gasteiger partial charge in [-0.1, -0.05) is 84.5 Å². The maximum absolute atomic E-state index is 12.7. The number of amides is 7. The van der Waals surface area contributed by atoms with Crippen molar-refractivity contribution in [1.82, 2.24) is 124 Å². The van der Waals surface area contributed by atoms with Gasteiger partial charge in [0.25, 0.3) is 5.91 Å². The minimum absolute atomic E-state index is 0.0418. The average molecular weight is 1890 g/mol. The summed E-state index contributed by atoms with van der Waals surface area (Å²) in [5.41, 5.74) is 38.3. The molecule has 19 rings (SSSR count). The molecular formula is C93H88Cl4N34O4. The van der Waals surface area contributed by atoms with E-state index in [4.69, 9.17) is 79.3 Å². The Hall–Kier alpha value is -16.3. The molecule has 682 valence electrons. The van der Waals surface area contributed by atoms with Gasteiger partial charge in [-0.05, 0) is 154 Å². The molecule has 4 aromatic carbocycles. The molecule has 0 radical (unpaired) electrons. The van der Waals surface area contributed by atoms with Gasteiger partial charge in [-0.25, -0.2) is 54.3 Å². The molecule has 1 fully saturated rings. The number of likely N-dealkylation sites (N-methyl/N-ethyl adjacent to an activating group) is 1. The zero-order chi connectivity index (χ0) is 94.8. The van der Waals surface area contributed by atoms with Crippen LogP contribution in [0.2, 0.25) is 20.1 Å². The summed E-state index contributed by atoms with van der Waals surface area (Å²) in [4.78, 5) is 111. The Labute approximate surface area is 791 Å². The quantitative estimate of drug-likeness (QED) is 0.0318. The van der Waals surface area contributed by atoms with Gasteiger partial charge < -0.3 is 53.7 Å². The van der Waals surface area contributed by atoms with Gasteiger partial charge in [0.05, 0.1) is 59.6 Å². The van der Waals surface area contributed by atoms with Crippen molar-refractivity contribution in [3.05, 3.63) is 239 Å². The zero-order valence-corrected chi connectivity index (χ0v) is 76.9. The fraction of sp³-hybridized carbons (Fsp3) is 0.172. The largest absolute Gasteiger partial charge is 0.381 e. The van der Waals surface area contributed by atoms with Crippen molar-refractivity contribution in [3.63, 3.8) is 0 Å². The zero-order valence-electron chi connectivity index (χ0n) is 73.9. The maximum atomic E-state index is 12.7. The number of nitrogens with two attached hydrogens (primary N) is 4. The number of anilines is 9. The number of hydrogen-bond acceptors (Lipinski definition) is 26. The van der Waals surface area contributed by atoms with Crippen LogP contribution in [0.5, 0.6) is 0 Å². The number of pyridine rings is 5. The molecule has 0 atom stereocenters. The molecule has 1 saturated carbocycles. The third-order valence-corrected chi connectivity index (χ3v) is 22.4. The molecule has 0 unspecified atom stereocenters. The van der Waals surface area contributed by atoms with Gasteiger partial charge in [0.2, 0.25) is 0 Å². The van der Waals surface area contributed by atoms with Gasteiger partial charge in [-0.2, -0.15) is 20.4 Å². The summed E-state index contributed by atoms with van der Waals surface area (Å²) >= 11 is 26.1. The lowest BCUT2D eigenvalue weighted by molar-refractivity contribution is 0.102. The normalized spacial score (nSPS) is 11.6. The Morgan fingerprint density at radius 3 is 1.06 bits per heavy atom. The van der Waals surface area contributed by atoms with E-state index in [2.05, 4.69) is 131 Å². The van der Waals surface area contributed by atoms with Crippen LogP contribution < -0.4 is 60.2 Å². The second-order valence-corrected chi connectivity index (χ2v) is 32.9. The molecule has 0 spiro atoms. The van der Waals surface area contributed by atoms with E-state index in [9.17, 15) is 19.2 Å². The van der Waals surface area contributed by atoms with Crippen LogP contribution in [0.4, 0.5) is 66.6 Å². The summed E-state index contributed by atoms with van der Waals surface area (Å²) in [7, 11) is 9.09. The highest BCUT2D eigenvalue weighted by Crippen LogP contribution is 2.42. The van der Waals surface area contributed by atoms with Gasteiger partial charge >= 0.3 is 18.1 Å². The first-order valence-corrected chi connectivity index (χ1v) is 43.8. The number of nitrogens with one attached hydrogen (secondary N) is 7. The van der Waals surface area contributed by atoms with Crippen LogP contribution in [0, 0.1) is 12.8 Å². The molecule has 135 heavy (non-hydrogen) atoms. The van der Waals surface area contributed by atoms with Crippen LogP contribution >= 0.6 is 46.4 Å². The van der Waals surface area contributed by atoms with Crippen LogP contribution in [-0.2, 0) is 35.2 Å². The number of nitrogen functional groups attached to an aromatic ring is 4. The van der Waals surface area contributed by atoms with E-state index >= 15 is 0 Å². The molecule has 38 nitrogen and oxygen atoms in total. The van der Waals surface area contributed by atoms with Crippen molar-refractivity contribution in [2.75, 3.05) is 82.2 Å². The number of aromatic nitrogens is 22. The van der Waals surface area contributed by atoms with Gasteiger partial charge in [-0.3, -0.25) is 64.4 Å². The summed E-state index contributed by atoms with van der Waals surface area (Å²) in [5, 5.41) is 42.4. The maximum Gasteiger partial charge on any atom is 0.324 e. The SMILES string of the molecule is CCN(CC)CCNC(=O)Nc1nc(-c2cc(Cl)c3ncccc3c2)c(-c2ccn(C)n2)nc1N.Cc1ccc(NC(=O)Nc2nc(-c3cc(Cl)c4ncccc4c3)c(-c3ccn(C)n3)nc2N)cn1.Cn1ccc(-c2nc(N)c(NC(=O)NCC3CC3)nc2-c2cc(Cl)c3ncccc3c2)n1.Cn1ccc(C(=O)Nc2nc(-c3cc(Cl)c4ncccc4c3)c(-c3ccn(C)n3)nc2N)c1. The Morgan fingerprint density at radius 1 is 0.400 bits per heavy atom. The summed E-state index contributed by atoms with van der Waals surface area (Å²) < 4.78 is 8.45. The first-order chi connectivity index (χ1) is 65.1. The molecular weight excluding hydrogens is 1800 g/mol. The summed E-state index contributed by atoms with van der Waals surface area (Å²) in [6.07, 6.45) is 21.3. The number of halogens is 4. The topological polar surface area (TPSA) is 504 Å². The van der Waals surface area contributed by atoms with Crippen LogP contribution in [0.1, 0.15) is 42.7 Å². The Morgan fingerprint density at radius 2 is 0.748 bits per heavy atom. The molecule has 1 aliphatic rings. The Bertz CT molecular complexity index is 7520. The van der Waals surface area contributed by atoms with E-state index in [1.165, 1.54) is 0 Å². The molecule has 42 heteroatoms. The van der Waals surface area contributed by atoms with Crippen LogP contribution in [0.3, 0.4) is 0 Å². The predicted molar refractivity (Wildman–Crippen MR) is 527 cm³/mol. The van der Waals surface area contributed by atoms with Gasteiger partial charge in [0.15, 0.2) is 46.5 Å². The summed E-state index contributed by atoms with van der Waals surface area (Å²) in [5.74, 6) is 1.11. The highest BCUT2D eigenvalue weighted by Gasteiger charge is 2.28.